The van der Waals surface area contributed by atoms with Crippen LogP contribution >= 0.6 is 0 Å². The summed E-state index contributed by atoms with van der Waals surface area (Å²) in [6.45, 7) is 0. The Labute approximate surface area is 56.9 Å². The second kappa shape index (κ2) is 2.34. The van der Waals surface area contributed by atoms with Gasteiger partial charge in [0.1, 0.15) is 11.8 Å². The molecule has 0 amide bonds. The van der Waals surface area contributed by atoms with Crippen LogP contribution in [0, 0.1) is 16.2 Å². The lowest BCUT2D eigenvalue weighted by molar-refractivity contribution is -0.385. The first-order valence-corrected chi connectivity index (χ1v) is 2.56. The average molecular weight is 138 g/mol. The van der Waals surface area contributed by atoms with E-state index in [2.05, 4.69) is 6.07 Å². The van der Waals surface area contributed by atoms with Crippen LogP contribution in [0.5, 0.6) is 5.75 Å². The van der Waals surface area contributed by atoms with Gasteiger partial charge in [0.05, 0.1) is 4.92 Å². The second-order valence-corrected chi connectivity index (χ2v) is 1.68. The molecule has 0 aliphatic heterocycles. The summed E-state index contributed by atoms with van der Waals surface area (Å²) in [6, 6.07) is 6.15. The third-order valence-corrected chi connectivity index (χ3v) is 0.961. The molecular formula is C6H4NO3. The molecular weight excluding hydrogens is 134 g/mol. The Morgan fingerprint density at radius 2 is 2.30 bits per heavy atom. The monoisotopic (exact) mass is 138 g/mol. The molecule has 4 nitrogen and oxygen atoms in total. The molecule has 1 rings (SSSR count). The van der Waals surface area contributed by atoms with Crippen molar-refractivity contribution in [2.45, 2.75) is 0 Å². The van der Waals surface area contributed by atoms with Crippen LogP contribution in [0.4, 0.5) is 5.69 Å². The second-order valence-electron chi connectivity index (χ2n) is 1.68. The maximum atomic E-state index is 10.0. The third kappa shape index (κ3) is 1.22. The van der Waals surface area contributed by atoms with Crippen molar-refractivity contribution in [1.82, 2.24) is 0 Å². The zero-order chi connectivity index (χ0) is 7.56. The number of phenolic OH excluding ortho intramolecular Hbond substituents is 1. The summed E-state index contributed by atoms with van der Waals surface area (Å²) in [5.41, 5.74) is -0.222. The van der Waals surface area contributed by atoms with E-state index in [1.54, 1.807) is 0 Å². The Morgan fingerprint density at radius 3 is 2.70 bits per heavy atom. The molecule has 0 spiro atoms. The fraction of sp³-hybridized carbons (Fsp3) is 0. The van der Waals surface area contributed by atoms with Crippen LogP contribution in [0.15, 0.2) is 18.2 Å². The van der Waals surface area contributed by atoms with Crippen molar-refractivity contribution in [1.29, 1.82) is 0 Å². The molecule has 1 N–H and O–H groups in total. The quantitative estimate of drug-likeness (QED) is 0.466. The normalized spacial score (nSPS) is 9.20. The van der Waals surface area contributed by atoms with Crippen molar-refractivity contribution < 1.29 is 10.0 Å². The minimum absolute atomic E-state index is 0.214. The standard InChI is InChI=1S/C6H4NO3/c8-6-3-1-2-5(4-6)7(9)10/h1-3,8H. The minimum Gasteiger partial charge on any atom is -0.507 e. The van der Waals surface area contributed by atoms with Gasteiger partial charge in [0.25, 0.3) is 5.69 Å². The molecule has 0 aliphatic rings. The summed E-state index contributed by atoms with van der Waals surface area (Å²) in [6.07, 6.45) is 0. The predicted molar refractivity (Wildman–Crippen MR) is 33.6 cm³/mol. The van der Waals surface area contributed by atoms with Crippen molar-refractivity contribution in [3.05, 3.63) is 34.4 Å². The van der Waals surface area contributed by atoms with E-state index < -0.39 is 4.92 Å². The van der Waals surface area contributed by atoms with Crippen molar-refractivity contribution in [3.63, 3.8) is 0 Å². The van der Waals surface area contributed by atoms with E-state index in [-0.39, 0.29) is 11.4 Å². The number of hydrogen-bond acceptors (Lipinski definition) is 3. The van der Waals surface area contributed by atoms with Crippen LogP contribution < -0.4 is 0 Å². The van der Waals surface area contributed by atoms with E-state index in [1.165, 1.54) is 18.2 Å². The Kier molecular flexibility index (Phi) is 1.53. The Hall–Kier alpha value is -1.58. The SMILES string of the molecule is O=[N+]([O-])c1[c]c(O)ccc1. The smallest absolute Gasteiger partial charge is 0.281 e. The van der Waals surface area contributed by atoms with E-state index in [9.17, 15) is 10.1 Å². The number of nitrogens with zero attached hydrogens (tertiary/aromatic N) is 1. The van der Waals surface area contributed by atoms with E-state index in [0.29, 0.717) is 0 Å². The van der Waals surface area contributed by atoms with Gasteiger partial charge in [-0.25, -0.2) is 0 Å². The Bertz CT molecular complexity index is 259. The van der Waals surface area contributed by atoms with Gasteiger partial charge in [-0.15, -0.1) is 0 Å². The van der Waals surface area contributed by atoms with Gasteiger partial charge >= 0.3 is 0 Å². The summed E-state index contributed by atoms with van der Waals surface area (Å²) in [5, 5.41) is 18.7. The van der Waals surface area contributed by atoms with Gasteiger partial charge in [-0.05, 0) is 6.07 Å². The molecule has 0 saturated heterocycles. The molecule has 4 heteroatoms. The lowest BCUT2D eigenvalue weighted by Gasteiger charge is -1.89. The van der Waals surface area contributed by atoms with Crippen LogP contribution in [0.25, 0.3) is 0 Å². The van der Waals surface area contributed by atoms with Gasteiger partial charge in [0.15, 0.2) is 0 Å². The van der Waals surface area contributed by atoms with Gasteiger partial charge in [-0.3, -0.25) is 10.1 Å². The van der Waals surface area contributed by atoms with Gasteiger partial charge in [0.2, 0.25) is 0 Å². The highest BCUT2D eigenvalue weighted by atomic mass is 16.6. The van der Waals surface area contributed by atoms with Gasteiger partial charge in [0, 0.05) is 6.07 Å². The van der Waals surface area contributed by atoms with Crippen molar-refractivity contribution in [2.24, 2.45) is 0 Å². The maximum Gasteiger partial charge on any atom is 0.281 e. The average Bonchev–Trinajstić information content (AvgIpc) is 1.88. The topological polar surface area (TPSA) is 63.4 Å². The van der Waals surface area contributed by atoms with Gasteiger partial charge in [-0.2, -0.15) is 0 Å². The van der Waals surface area contributed by atoms with Crippen LogP contribution in [-0.2, 0) is 0 Å². The Morgan fingerprint density at radius 1 is 1.60 bits per heavy atom. The number of benzene rings is 1. The molecule has 10 heavy (non-hydrogen) atoms. The van der Waals surface area contributed by atoms with E-state index in [4.69, 9.17) is 5.11 Å². The summed E-state index contributed by atoms with van der Waals surface area (Å²) >= 11 is 0. The first-order valence-electron chi connectivity index (χ1n) is 2.56. The number of rotatable bonds is 1. The number of non-ortho nitro benzene ring substituents is 1. The van der Waals surface area contributed by atoms with E-state index in [1.807, 2.05) is 0 Å². The molecule has 0 aliphatic carbocycles. The highest BCUT2D eigenvalue weighted by molar-refractivity contribution is 5.35. The zero-order valence-electron chi connectivity index (χ0n) is 4.94. The molecule has 1 aromatic rings. The van der Waals surface area contributed by atoms with Crippen LogP contribution in [0.2, 0.25) is 0 Å². The molecule has 0 saturated carbocycles. The molecule has 0 fully saturated rings. The van der Waals surface area contributed by atoms with Crippen molar-refractivity contribution >= 4 is 5.69 Å². The number of nitro benzene ring substituents is 1. The fourth-order valence-corrected chi connectivity index (χ4v) is 0.551. The summed E-state index contributed by atoms with van der Waals surface area (Å²) in [7, 11) is 0. The third-order valence-electron chi connectivity index (χ3n) is 0.961. The molecule has 0 bridgehead atoms. The number of phenols is 1. The molecule has 0 unspecified atom stereocenters. The molecule has 51 valence electrons. The zero-order valence-corrected chi connectivity index (χ0v) is 4.94. The van der Waals surface area contributed by atoms with E-state index >= 15 is 0 Å². The fourth-order valence-electron chi connectivity index (χ4n) is 0.551. The summed E-state index contributed by atoms with van der Waals surface area (Å²) in [5.74, 6) is -0.214. The minimum atomic E-state index is -0.611. The first-order chi connectivity index (χ1) is 4.70. The molecule has 1 aromatic carbocycles. The number of nitro groups is 1. The van der Waals surface area contributed by atoms with E-state index in [0.717, 1.165) is 0 Å². The summed E-state index contributed by atoms with van der Waals surface area (Å²) in [4.78, 5) is 9.40. The van der Waals surface area contributed by atoms with Crippen LogP contribution in [0.3, 0.4) is 0 Å². The highest BCUT2D eigenvalue weighted by Crippen LogP contribution is 2.15. The Balaban J connectivity index is 3.07. The molecule has 1 radical (unpaired) electrons. The van der Waals surface area contributed by atoms with Gasteiger partial charge in [-0.1, -0.05) is 6.07 Å². The maximum absolute atomic E-state index is 10.0. The van der Waals surface area contributed by atoms with Crippen molar-refractivity contribution in [2.75, 3.05) is 0 Å². The summed E-state index contributed by atoms with van der Waals surface area (Å²) < 4.78 is 0. The number of hydrogen-bond donors (Lipinski definition) is 1. The number of aromatic hydroxyl groups is 1. The first kappa shape index (κ1) is 6.54. The van der Waals surface area contributed by atoms with Crippen LogP contribution in [0.1, 0.15) is 0 Å². The molecule has 0 aromatic heterocycles. The predicted octanol–water partition coefficient (Wildman–Crippen LogP) is 1.10. The lowest BCUT2D eigenvalue weighted by atomic mass is 10.3. The molecule has 0 heterocycles. The largest absolute Gasteiger partial charge is 0.507 e. The molecule has 0 atom stereocenters. The van der Waals surface area contributed by atoms with Crippen LogP contribution in [-0.4, -0.2) is 10.0 Å². The highest BCUT2D eigenvalue weighted by Gasteiger charge is 2.04. The van der Waals surface area contributed by atoms with Gasteiger partial charge < -0.3 is 5.11 Å². The van der Waals surface area contributed by atoms with Crippen molar-refractivity contribution in [3.8, 4) is 5.75 Å². The lowest BCUT2D eigenvalue weighted by Crippen LogP contribution is -1.86.